The van der Waals surface area contributed by atoms with Gasteiger partial charge < -0.3 is 9.80 Å². The summed E-state index contributed by atoms with van der Waals surface area (Å²) in [4.78, 5) is 5.65. The van der Waals surface area contributed by atoms with Crippen LogP contribution >= 0.6 is 0 Å². The van der Waals surface area contributed by atoms with Gasteiger partial charge in [-0.05, 0) is 71.2 Å². The van der Waals surface area contributed by atoms with Gasteiger partial charge in [0.25, 0.3) is 0 Å². The molecule has 2 nitrogen and oxygen atoms in total. The molecule has 0 aromatic rings. The van der Waals surface area contributed by atoms with Crippen molar-refractivity contribution in [3.63, 3.8) is 0 Å². The first-order chi connectivity index (χ1) is 13.0. The second-order valence-electron chi connectivity index (χ2n) is 9.31. The summed E-state index contributed by atoms with van der Waals surface area (Å²) in [6.45, 7) is 23.7. The molecule has 0 aromatic carbocycles. The zero-order valence-corrected chi connectivity index (χ0v) is 21.3. The van der Waals surface area contributed by atoms with Crippen LogP contribution in [-0.4, -0.2) is 56.3 Å². The van der Waals surface area contributed by atoms with Gasteiger partial charge in [-0.1, -0.05) is 79.4 Å². The third-order valence-electron chi connectivity index (χ3n) is 6.28. The zero-order chi connectivity index (χ0) is 20.5. The van der Waals surface area contributed by atoms with Crippen LogP contribution in [0.15, 0.2) is 0 Å². The van der Waals surface area contributed by atoms with Crippen LogP contribution < -0.4 is 0 Å². The molecule has 3 heteroatoms. The van der Waals surface area contributed by atoms with Crippen molar-refractivity contribution < 1.29 is 0 Å². The molecule has 0 spiro atoms. The van der Waals surface area contributed by atoms with E-state index >= 15 is 0 Å². The molecule has 27 heavy (non-hydrogen) atoms. The molecule has 0 radical (unpaired) electrons. The van der Waals surface area contributed by atoms with Crippen LogP contribution in [0.25, 0.3) is 0 Å². The second-order valence-corrected chi connectivity index (χ2v) is 14.5. The van der Waals surface area contributed by atoms with E-state index in [1.807, 2.05) is 0 Å². The molecule has 0 aliphatic carbocycles. The fourth-order valence-electron chi connectivity index (χ4n) is 4.47. The lowest BCUT2D eigenvalue weighted by atomic mass is 10.2. The highest BCUT2D eigenvalue weighted by Gasteiger charge is 2.33. The molecular formula is C24H54N2Si. The fraction of sp³-hybridized carbons (Fsp3) is 1.00. The summed E-state index contributed by atoms with van der Waals surface area (Å²) in [6, 6.07) is 1.50. The minimum Gasteiger partial charge on any atom is -0.303 e. The van der Waals surface area contributed by atoms with Crippen molar-refractivity contribution in [3.05, 3.63) is 0 Å². The second kappa shape index (κ2) is 17.0. The summed E-state index contributed by atoms with van der Waals surface area (Å²) in [5.41, 5.74) is 0.871. The smallest absolute Gasteiger partial charge is 0.0669 e. The molecule has 0 aliphatic rings. The van der Waals surface area contributed by atoms with Gasteiger partial charge in [-0.15, -0.1) is 0 Å². The molecule has 0 amide bonds. The molecule has 0 N–H and O–H groups in total. The van der Waals surface area contributed by atoms with E-state index in [0.29, 0.717) is 0 Å². The Morgan fingerprint density at radius 1 is 0.593 bits per heavy atom. The van der Waals surface area contributed by atoms with Gasteiger partial charge in [0.15, 0.2) is 0 Å². The Morgan fingerprint density at radius 3 is 1.41 bits per heavy atom. The number of unbranched alkanes of at least 4 members (excludes halogenated alkanes) is 4. The van der Waals surface area contributed by atoms with Crippen LogP contribution in [-0.2, 0) is 0 Å². The molecule has 0 rings (SSSR count). The first kappa shape index (κ1) is 27.1. The standard InChI is InChI=1S/C24H54N2Si/c1-8-13-18-25(19-14-9-2)20-17-23-27(6,7)24(12-5)26(21-15-10-3)22-16-11-4/h24H,8-23H2,1-7H3. The van der Waals surface area contributed by atoms with E-state index in [1.165, 1.54) is 103 Å². The SMILES string of the molecule is CCCCN(CCCC)CCC[Si](C)(C)C(CC)N(CCCC)CCCC. The summed E-state index contributed by atoms with van der Waals surface area (Å²) in [6.07, 6.45) is 13.5. The van der Waals surface area contributed by atoms with E-state index in [1.54, 1.807) is 0 Å². The quantitative estimate of drug-likeness (QED) is 0.212. The Bertz CT molecular complexity index is 304. The van der Waals surface area contributed by atoms with E-state index < -0.39 is 8.07 Å². The summed E-state index contributed by atoms with van der Waals surface area (Å²) < 4.78 is 0. The minimum absolute atomic E-state index is 0.871. The van der Waals surface area contributed by atoms with Gasteiger partial charge in [-0.3, -0.25) is 0 Å². The molecule has 164 valence electrons. The highest BCUT2D eigenvalue weighted by Crippen LogP contribution is 2.25. The molecular weight excluding hydrogens is 344 g/mol. The maximum absolute atomic E-state index is 2.89. The number of hydrogen-bond acceptors (Lipinski definition) is 2. The Hall–Kier alpha value is 0.137. The van der Waals surface area contributed by atoms with E-state index in [0.717, 1.165) is 5.67 Å². The lowest BCUT2D eigenvalue weighted by molar-refractivity contribution is 0.229. The van der Waals surface area contributed by atoms with Gasteiger partial charge in [-0.25, -0.2) is 0 Å². The van der Waals surface area contributed by atoms with Crippen LogP contribution in [0, 0.1) is 0 Å². The predicted octanol–water partition coefficient (Wildman–Crippen LogP) is 7.21. The first-order valence-corrected chi connectivity index (χ1v) is 15.7. The topological polar surface area (TPSA) is 6.48 Å². The van der Waals surface area contributed by atoms with Crippen molar-refractivity contribution in [2.24, 2.45) is 0 Å². The van der Waals surface area contributed by atoms with E-state index in [4.69, 9.17) is 0 Å². The number of nitrogens with zero attached hydrogens (tertiary/aromatic N) is 2. The maximum Gasteiger partial charge on any atom is 0.0669 e. The van der Waals surface area contributed by atoms with Crippen molar-refractivity contribution in [1.82, 2.24) is 9.80 Å². The molecule has 0 saturated heterocycles. The van der Waals surface area contributed by atoms with Gasteiger partial charge in [-0.2, -0.15) is 0 Å². The maximum atomic E-state index is 2.89. The largest absolute Gasteiger partial charge is 0.303 e. The van der Waals surface area contributed by atoms with Crippen molar-refractivity contribution in [1.29, 1.82) is 0 Å². The molecule has 0 saturated carbocycles. The van der Waals surface area contributed by atoms with Crippen LogP contribution in [0.1, 0.15) is 98.8 Å². The Morgan fingerprint density at radius 2 is 1.00 bits per heavy atom. The Labute approximate surface area is 174 Å². The molecule has 0 aliphatic heterocycles. The summed E-state index contributed by atoms with van der Waals surface area (Å²) in [5, 5.41) is 0. The van der Waals surface area contributed by atoms with Crippen molar-refractivity contribution >= 4 is 8.07 Å². The molecule has 0 bridgehead atoms. The van der Waals surface area contributed by atoms with E-state index in [-0.39, 0.29) is 0 Å². The fourth-order valence-corrected chi connectivity index (χ4v) is 8.23. The number of hydrogen-bond donors (Lipinski definition) is 0. The zero-order valence-electron chi connectivity index (χ0n) is 20.3. The van der Waals surface area contributed by atoms with Gasteiger partial charge in [0.05, 0.1) is 8.07 Å². The molecule has 1 unspecified atom stereocenters. The summed E-state index contributed by atoms with van der Waals surface area (Å²) in [7, 11) is -1.23. The molecule has 0 aromatic heterocycles. The lowest BCUT2D eigenvalue weighted by Gasteiger charge is -2.41. The highest BCUT2D eigenvalue weighted by atomic mass is 28.3. The lowest BCUT2D eigenvalue weighted by Crippen LogP contribution is -2.53. The average molecular weight is 399 g/mol. The third kappa shape index (κ3) is 12.3. The van der Waals surface area contributed by atoms with Gasteiger partial charge in [0.1, 0.15) is 0 Å². The highest BCUT2D eigenvalue weighted by molar-refractivity contribution is 6.78. The van der Waals surface area contributed by atoms with Crippen LogP contribution in [0.4, 0.5) is 0 Å². The van der Waals surface area contributed by atoms with Crippen LogP contribution in [0.3, 0.4) is 0 Å². The van der Waals surface area contributed by atoms with Gasteiger partial charge in [0.2, 0.25) is 0 Å². The Balaban J connectivity index is 4.72. The average Bonchev–Trinajstić information content (AvgIpc) is 2.65. The van der Waals surface area contributed by atoms with Crippen molar-refractivity contribution in [3.8, 4) is 0 Å². The van der Waals surface area contributed by atoms with Gasteiger partial charge in [0, 0.05) is 5.67 Å². The van der Waals surface area contributed by atoms with Crippen molar-refractivity contribution in [2.75, 3.05) is 32.7 Å². The summed E-state index contributed by atoms with van der Waals surface area (Å²) >= 11 is 0. The monoisotopic (exact) mass is 398 g/mol. The van der Waals surface area contributed by atoms with Gasteiger partial charge >= 0.3 is 0 Å². The Kier molecular flexibility index (Phi) is 17.1. The van der Waals surface area contributed by atoms with Crippen LogP contribution in [0.5, 0.6) is 0 Å². The molecule has 0 fully saturated rings. The van der Waals surface area contributed by atoms with E-state index in [9.17, 15) is 0 Å². The molecule has 1 atom stereocenters. The third-order valence-corrected chi connectivity index (χ3v) is 10.5. The minimum atomic E-state index is -1.23. The normalized spacial score (nSPS) is 13.7. The predicted molar refractivity (Wildman–Crippen MR) is 129 cm³/mol. The van der Waals surface area contributed by atoms with E-state index in [2.05, 4.69) is 57.5 Å². The molecule has 0 heterocycles. The van der Waals surface area contributed by atoms with Crippen molar-refractivity contribution in [2.45, 2.75) is 124 Å². The number of rotatable bonds is 19. The first-order valence-electron chi connectivity index (χ1n) is 12.4. The summed E-state index contributed by atoms with van der Waals surface area (Å²) in [5.74, 6) is 0. The van der Waals surface area contributed by atoms with Crippen LogP contribution in [0.2, 0.25) is 19.1 Å².